The second-order valence-corrected chi connectivity index (χ2v) is 9.82. The van der Waals surface area contributed by atoms with Crippen LogP contribution >= 0.6 is 90.4 Å². The molecule has 0 radical (unpaired) electrons. The van der Waals surface area contributed by atoms with E-state index in [-0.39, 0.29) is 30.1 Å². The van der Waals surface area contributed by atoms with Crippen LogP contribution in [0.5, 0.6) is 11.5 Å². The van der Waals surface area contributed by atoms with Crippen molar-refractivity contribution in [2.45, 2.75) is 0 Å². The zero-order valence-electron chi connectivity index (χ0n) is 14.0. The maximum atomic E-state index is 12.3. The monoisotopic (exact) mass is 832 g/mol. The minimum Gasteiger partial charge on any atom is -0.506 e. The third-order valence-corrected chi connectivity index (χ3v) is 6.95. The number of carboxylic acids is 1. The van der Waals surface area contributed by atoms with Gasteiger partial charge in [0.1, 0.15) is 30.3 Å². The topological polar surface area (TPSA) is 93.1 Å². The molecule has 0 heterocycles. The maximum Gasteiger partial charge on any atom is 0.342 e. The van der Waals surface area contributed by atoms with Gasteiger partial charge in [-0.3, -0.25) is 0 Å². The van der Waals surface area contributed by atoms with Crippen molar-refractivity contribution in [2.24, 2.45) is 0 Å². The van der Waals surface area contributed by atoms with Crippen LogP contribution in [0.4, 0.5) is 0 Å². The van der Waals surface area contributed by atoms with Crippen LogP contribution in [0.2, 0.25) is 0 Å². The molecule has 148 valence electrons. The minimum atomic E-state index is -1.03. The highest BCUT2D eigenvalue weighted by Crippen LogP contribution is 2.33. The van der Waals surface area contributed by atoms with Crippen molar-refractivity contribution in [1.82, 2.24) is 0 Å². The van der Waals surface area contributed by atoms with Crippen molar-refractivity contribution >= 4 is 108 Å². The number of hydrogen-bond acceptors (Lipinski definition) is 5. The van der Waals surface area contributed by atoms with Gasteiger partial charge in [0.25, 0.3) is 0 Å². The average Bonchev–Trinajstić information content (AvgIpc) is 2.62. The number of carbonyl (C=O) groups is 2. The molecule has 0 saturated carbocycles. The summed E-state index contributed by atoms with van der Waals surface area (Å²) in [5.74, 6) is -1.43. The molecule has 28 heavy (non-hydrogen) atoms. The van der Waals surface area contributed by atoms with Crippen LogP contribution in [0, 0.1) is 14.3 Å². The highest BCUT2D eigenvalue weighted by Gasteiger charge is 2.21. The fourth-order valence-electron chi connectivity index (χ4n) is 2.15. The lowest BCUT2D eigenvalue weighted by atomic mass is 10.1. The van der Waals surface area contributed by atoms with E-state index in [4.69, 9.17) is 9.47 Å². The Labute approximate surface area is 215 Å². The fourth-order valence-corrected chi connectivity index (χ4v) is 6.94. The van der Waals surface area contributed by atoms with E-state index in [9.17, 15) is 19.8 Å². The van der Waals surface area contributed by atoms with Crippen LogP contribution in [-0.2, 0) is 4.74 Å². The molecule has 0 aromatic heterocycles. The molecule has 0 aliphatic carbocycles. The number of carboxylic acid groups (broad SMARTS) is 1. The molecule has 0 aliphatic rings. The van der Waals surface area contributed by atoms with E-state index < -0.39 is 11.9 Å². The summed E-state index contributed by atoms with van der Waals surface area (Å²) in [5.41, 5.74) is 0.914. The summed E-state index contributed by atoms with van der Waals surface area (Å²) in [7, 11) is 0. The highest BCUT2D eigenvalue weighted by molar-refractivity contribution is 14.1. The second-order valence-electron chi connectivity index (χ2n) is 5.25. The number of halogens is 4. The number of carbonyl (C=O) groups excluding carboxylic acids is 1. The lowest BCUT2D eigenvalue weighted by Gasteiger charge is -2.14. The van der Waals surface area contributed by atoms with Crippen molar-refractivity contribution in [1.29, 1.82) is 0 Å². The van der Waals surface area contributed by atoms with Crippen molar-refractivity contribution in [3.8, 4) is 11.5 Å². The van der Waals surface area contributed by atoms with Gasteiger partial charge in [0.2, 0.25) is 0 Å². The standard InChI is InChI=1S/C18H12I4O6/c1-2-8-5-9(15(23)11(20)6-8)18(26)28-4-3-27-16-12(21)7-10(19)13(14(16)22)17(24)25/h2,5-7,23H,1,3-4H2,(H,24,25). The quantitative estimate of drug-likeness (QED) is 0.221. The van der Waals surface area contributed by atoms with Gasteiger partial charge in [-0.2, -0.15) is 0 Å². The van der Waals surface area contributed by atoms with Crippen molar-refractivity contribution < 1.29 is 29.3 Å². The van der Waals surface area contributed by atoms with Crippen LogP contribution in [0.25, 0.3) is 6.08 Å². The number of hydrogen-bond donors (Lipinski definition) is 2. The zero-order valence-corrected chi connectivity index (χ0v) is 22.6. The summed E-state index contributed by atoms with van der Waals surface area (Å²) < 4.78 is 13.2. The van der Waals surface area contributed by atoms with Gasteiger partial charge in [-0.25, -0.2) is 9.59 Å². The summed E-state index contributed by atoms with van der Waals surface area (Å²) in [6.45, 7) is 3.63. The smallest absolute Gasteiger partial charge is 0.342 e. The third kappa shape index (κ3) is 5.62. The number of benzene rings is 2. The predicted molar refractivity (Wildman–Crippen MR) is 138 cm³/mol. The average molecular weight is 832 g/mol. The number of esters is 1. The van der Waals surface area contributed by atoms with Crippen molar-refractivity contribution in [3.05, 3.63) is 55.7 Å². The number of phenolic OH excluding ortho intramolecular Hbond substituents is 1. The molecular formula is C18H12I4O6. The van der Waals surface area contributed by atoms with Crippen LogP contribution in [0.1, 0.15) is 26.3 Å². The lowest BCUT2D eigenvalue weighted by molar-refractivity contribution is 0.0446. The molecular weight excluding hydrogens is 820 g/mol. The Hall–Kier alpha value is -0.360. The number of rotatable bonds is 7. The largest absolute Gasteiger partial charge is 0.506 e. The molecule has 0 fully saturated rings. The van der Waals surface area contributed by atoms with Gasteiger partial charge < -0.3 is 19.7 Å². The molecule has 0 bridgehead atoms. The molecule has 2 aromatic rings. The van der Waals surface area contributed by atoms with E-state index in [0.717, 1.165) is 3.57 Å². The van der Waals surface area contributed by atoms with E-state index in [1.54, 1.807) is 18.2 Å². The fraction of sp³-hybridized carbons (Fsp3) is 0.111. The van der Waals surface area contributed by atoms with Gasteiger partial charge >= 0.3 is 11.9 Å². The third-order valence-electron chi connectivity index (χ3n) is 3.45. The summed E-state index contributed by atoms with van der Waals surface area (Å²) in [5, 5.41) is 19.4. The Bertz CT molecular complexity index is 958. The first kappa shape index (κ1) is 23.9. The molecule has 2 rings (SSSR count). The highest BCUT2D eigenvalue weighted by atomic mass is 127. The summed E-state index contributed by atoms with van der Waals surface area (Å²) >= 11 is 7.89. The van der Waals surface area contributed by atoms with Gasteiger partial charge in [0, 0.05) is 3.57 Å². The van der Waals surface area contributed by atoms with Gasteiger partial charge in [-0.15, -0.1) is 0 Å². The van der Waals surface area contributed by atoms with Crippen molar-refractivity contribution in [3.63, 3.8) is 0 Å². The molecule has 0 amide bonds. The molecule has 0 atom stereocenters. The Kier molecular flexibility index (Phi) is 9.06. The van der Waals surface area contributed by atoms with E-state index in [1.807, 2.05) is 67.8 Å². The van der Waals surface area contributed by atoms with Gasteiger partial charge in [0.15, 0.2) is 0 Å². The van der Waals surface area contributed by atoms with Gasteiger partial charge in [-0.05, 0) is 114 Å². The summed E-state index contributed by atoms with van der Waals surface area (Å²) in [6.07, 6.45) is 1.57. The van der Waals surface area contributed by atoms with E-state index >= 15 is 0 Å². The second kappa shape index (κ2) is 10.6. The SMILES string of the molecule is C=Cc1cc(I)c(O)c(C(=O)OCCOc2c(I)cc(I)c(C(=O)O)c2I)c1. The zero-order chi connectivity index (χ0) is 21.0. The van der Waals surface area contributed by atoms with Gasteiger partial charge in [0.05, 0.1) is 16.3 Å². The minimum absolute atomic E-state index is 0.0381. The lowest BCUT2D eigenvalue weighted by Crippen LogP contribution is -2.15. The maximum absolute atomic E-state index is 12.3. The normalized spacial score (nSPS) is 10.4. The number of aromatic carboxylic acids is 1. The first-order valence-electron chi connectivity index (χ1n) is 7.53. The number of ether oxygens (including phenoxy) is 2. The Morgan fingerprint density at radius 1 is 1.04 bits per heavy atom. The Morgan fingerprint density at radius 2 is 1.71 bits per heavy atom. The molecule has 0 spiro atoms. The first-order valence-corrected chi connectivity index (χ1v) is 11.8. The summed E-state index contributed by atoms with van der Waals surface area (Å²) in [4.78, 5) is 23.7. The summed E-state index contributed by atoms with van der Waals surface area (Å²) in [6, 6.07) is 4.91. The van der Waals surface area contributed by atoms with E-state index in [0.29, 0.717) is 22.0 Å². The Morgan fingerprint density at radius 3 is 2.32 bits per heavy atom. The van der Waals surface area contributed by atoms with Crippen LogP contribution in [-0.4, -0.2) is 35.4 Å². The van der Waals surface area contributed by atoms with Crippen LogP contribution < -0.4 is 4.74 Å². The van der Waals surface area contributed by atoms with Gasteiger partial charge in [-0.1, -0.05) is 12.7 Å². The first-order chi connectivity index (χ1) is 13.2. The van der Waals surface area contributed by atoms with Crippen LogP contribution in [0.3, 0.4) is 0 Å². The molecule has 0 aliphatic heterocycles. The molecule has 6 nitrogen and oxygen atoms in total. The molecule has 10 heteroatoms. The van der Waals surface area contributed by atoms with E-state index in [1.165, 1.54) is 6.07 Å². The molecule has 0 saturated heterocycles. The van der Waals surface area contributed by atoms with Crippen molar-refractivity contribution in [2.75, 3.05) is 13.2 Å². The number of phenols is 1. The number of aromatic hydroxyl groups is 1. The molecule has 2 N–H and O–H groups in total. The van der Waals surface area contributed by atoms with Crippen LogP contribution in [0.15, 0.2) is 24.8 Å². The molecule has 0 unspecified atom stereocenters. The van der Waals surface area contributed by atoms with E-state index in [2.05, 4.69) is 29.2 Å². The predicted octanol–water partition coefficient (Wildman–Crippen LogP) is 5.39. The molecule has 2 aromatic carbocycles. The Balaban J connectivity index is 2.07.